The van der Waals surface area contributed by atoms with Gasteiger partial charge in [0.2, 0.25) is 0 Å². The number of nitrogens with zero attached hydrogens (tertiary/aromatic N) is 1. The van der Waals surface area contributed by atoms with E-state index in [4.69, 9.17) is 4.74 Å². The lowest BCUT2D eigenvalue weighted by Crippen LogP contribution is -2.26. The van der Waals surface area contributed by atoms with Gasteiger partial charge in [-0.2, -0.15) is 5.26 Å². The number of carbonyl (C=O) groups excluding carboxylic acids is 2. The Morgan fingerprint density at radius 3 is 2.62 bits per heavy atom. The number of amides is 1. The Balaban J connectivity index is 1.65. The molecule has 5 nitrogen and oxygen atoms in total. The number of esters is 1. The smallest absolute Gasteiger partial charge is 0.338 e. The molecule has 29 heavy (non-hydrogen) atoms. The van der Waals surface area contributed by atoms with E-state index in [9.17, 15) is 19.2 Å². The number of rotatable bonds is 4. The number of halogens is 1. The second-order valence-electron chi connectivity index (χ2n) is 8.26. The van der Waals surface area contributed by atoms with Crippen LogP contribution in [0.3, 0.4) is 0 Å². The maximum absolute atomic E-state index is 12.9. The molecule has 3 rings (SSSR count). The molecule has 0 unspecified atom stereocenters. The molecule has 2 aromatic rings. The first-order chi connectivity index (χ1) is 13.7. The van der Waals surface area contributed by atoms with Gasteiger partial charge in [-0.3, -0.25) is 4.79 Å². The molecule has 7 heteroatoms. The van der Waals surface area contributed by atoms with Gasteiger partial charge in [-0.25, -0.2) is 9.18 Å². The van der Waals surface area contributed by atoms with Crippen LogP contribution in [0, 0.1) is 28.5 Å². The standard InChI is InChI=1S/C22H23FN2O3S/c1-22(2,3)14-6-9-16-17(11-24)20(29-18(16)10-14)25-19(26)12-28-21(27)13-4-7-15(23)8-5-13/h4-5,7-8,14H,6,9-10,12H2,1-3H3,(H,25,26)/t14-/m1/s1. The van der Waals surface area contributed by atoms with Gasteiger partial charge in [0, 0.05) is 4.88 Å². The highest BCUT2D eigenvalue weighted by Gasteiger charge is 2.32. The van der Waals surface area contributed by atoms with Gasteiger partial charge in [0.25, 0.3) is 5.91 Å². The van der Waals surface area contributed by atoms with E-state index in [1.54, 1.807) is 0 Å². The quantitative estimate of drug-likeness (QED) is 0.735. The Labute approximate surface area is 173 Å². The van der Waals surface area contributed by atoms with Crippen LogP contribution >= 0.6 is 11.3 Å². The summed E-state index contributed by atoms with van der Waals surface area (Å²) in [6.07, 6.45) is 2.74. The van der Waals surface area contributed by atoms with Crippen LogP contribution in [0.5, 0.6) is 0 Å². The zero-order valence-corrected chi connectivity index (χ0v) is 17.5. The predicted octanol–water partition coefficient (Wildman–Crippen LogP) is 4.71. The first-order valence-electron chi connectivity index (χ1n) is 9.46. The topological polar surface area (TPSA) is 79.2 Å². The predicted molar refractivity (Wildman–Crippen MR) is 109 cm³/mol. The van der Waals surface area contributed by atoms with E-state index in [0.717, 1.165) is 41.8 Å². The Morgan fingerprint density at radius 2 is 2.00 bits per heavy atom. The van der Waals surface area contributed by atoms with Crippen molar-refractivity contribution < 1.29 is 18.7 Å². The number of thiophene rings is 1. The third-order valence-corrected chi connectivity index (χ3v) is 6.44. The second-order valence-corrected chi connectivity index (χ2v) is 9.36. The number of benzene rings is 1. The summed E-state index contributed by atoms with van der Waals surface area (Å²) < 4.78 is 17.9. The third kappa shape index (κ3) is 4.83. The van der Waals surface area contributed by atoms with Crippen molar-refractivity contribution in [1.82, 2.24) is 0 Å². The molecule has 0 saturated carbocycles. The molecule has 0 aliphatic heterocycles. The Hall–Kier alpha value is -2.72. The molecule has 0 fully saturated rings. The fraction of sp³-hybridized carbons (Fsp3) is 0.409. The fourth-order valence-corrected chi connectivity index (χ4v) is 4.79. The van der Waals surface area contributed by atoms with E-state index in [1.807, 2.05) is 0 Å². The third-order valence-electron chi connectivity index (χ3n) is 5.27. The molecule has 1 amide bonds. The Kier molecular flexibility index (Phi) is 6.04. The molecule has 0 saturated heterocycles. The summed E-state index contributed by atoms with van der Waals surface area (Å²) in [6.45, 7) is 6.19. The molecule has 0 bridgehead atoms. The highest BCUT2D eigenvalue weighted by Crippen LogP contribution is 2.43. The molecular formula is C22H23FN2O3S. The van der Waals surface area contributed by atoms with Crippen molar-refractivity contribution in [2.45, 2.75) is 40.0 Å². The zero-order valence-electron chi connectivity index (χ0n) is 16.7. The molecule has 152 valence electrons. The number of ether oxygens (including phenoxy) is 1. The first-order valence-corrected chi connectivity index (χ1v) is 10.3. The molecule has 1 aliphatic carbocycles. The molecule has 1 aromatic carbocycles. The Morgan fingerprint density at radius 1 is 1.31 bits per heavy atom. The van der Waals surface area contributed by atoms with Gasteiger partial charge in [0.1, 0.15) is 16.9 Å². The van der Waals surface area contributed by atoms with Gasteiger partial charge < -0.3 is 10.1 Å². The number of carbonyl (C=O) groups is 2. The maximum atomic E-state index is 12.9. The molecule has 1 aliphatic rings. The van der Waals surface area contributed by atoms with Crippen molar-refractivity contribution in [3.05, 3.63) is 51.7 Å². The number of fused-ring (bicyclic) bond motifs is 1. The normalized spacial score (nSPS) is 15.9. The van der Waals surface area contributed by atoms with Crippen molar-refractivity contribution in [2.75, 3.05) is 11.9 Å². The SMILES string of the molecule is CC(C)(C)[C@@H]1CCc2c(sc(NC(=O)COC(=O)c3ccc(F)cc3)c2C#N)C1. The number of nitriles is 1. The van der Waals surface area contributed by atoms with Gasteiger partial charge in [-0.15, -0.1) is 11.3 Å². The maximum Gasteiger partial charge on any atom is 0.338 e. The molecule has 1 heterocycles. The summed E-state index contributed by atoms with van der Waals surface area (Å²) in [5, 5.41) is 12.8. The number of anilines is 1. The van der Waals surface area contributed by atoms with Crippen molar-refractivity contribution in [3.63, 3.8) is 0 Å². The van der Waals surface area contributed by atoms with E-state index in [1.165, 1.54) is 23.5 Å². The van der Waals surface area contributed by atoms with Crippen LogP contribution in [0.1, 0.15) is 53.6 Å². The highest BCUT2D eigenvalue weighted by atomic mass is 32.1. The molecule has 0 radical (unpaired) electrons. The minimum Gasteiger partial charge on any atom is -0.452 e. The molecule has 1 N–H and O–H groups in total. The van der Waals surface area contributed by atoms with Crippen LogP contribution < -0.4 is 5.32 Å². The molecule has 1 atom stereocenters. The fourth-order valence-electron chi connectivity index (χ4n) is 3.49. The highest BCUT2D eigenvalue weighted by molar-refractivity contribution is 7.16. The summed E-state index contributed by atoms with van der Waals surface area (Å²) in [6, 6.07) is 7.10. The van der Waals surface area contributed by atoms with Gasteiger partial charge in [-0.1, -0.05) is 20.8 Å². The van der Waals surface area contributed by atoms with Gasteiger partial charge >= 0.3 is 5.97 Å². The Bertz CT molecular complexity index is 968. The van der Waals surface area contributed by atoms with E-state index in [-0.39, 0.29) is 11.0 Å². The van der Waals surface area contributed by atoms with Crippen LogP contribution in [-0.4, -0.2) is 18.5 Å². The van der Waals surface area contributed by atoms with Crippen molar-refractivity contribution in [1.29, 1.82) is 5.26 Å². The van der Waals surface area contributed by atoms with E-state index >= 15 is 0 Å². The lowest BCUT2D eigenvalue weighted by Gasteiger charge is -2.33. The van der Waals surface area contributed by atoms with Crippen LogP contribution in [0.4, 0.5) is 9.39 Å². The second kappa shape index (κ2) is 8.34. The average Bonchev–Trinajstić information content (AvgIpc) is 3.02. The van der Waals surface area contributed by atoms with Gasteiger partial charge in [0.05, 0.1) is 11.1 Å². The number of hydrogen-bond acceptors (Lipinski definition) is 5. The van der Waals surface area contributed by atoms with Crippen molar-refractivity contribution >= 4 is 28.2 Å². The van der Waals surface area contributed by atoms with Crippen LogP contribution in [0.25, 0.3) is 0 Å². The van der Waals surface area contributed by atoms with Gasteiger partial charge in [0.15, 0.2) is 6.61 Å². The van der Waals surface area contributed by atoms with Crippen molar-refractivity contribution in [3.8, 4) is 6.07 Å². The molecular weight excluding hydrogens is 391 g/mol. The lowest BCUT2D eigenvalue weighted by atomic mass is 9.72. The number of nitrogens with one attached hydrogen (secondary N) is 1. The van der Waals surface area contributed by atoms with Crippen LogP contribution in [-0.2, 0) is 22.4 Å². The summed E-state index contributed by atoms with van der Waals surface area (Å²) in [5.41, 5.74) is 1.89. The molecule has 1 aromatic heterocycles. The van der Waals surface area contributed by atoms with E-state index < -0.39 is 24.3 Å². The van der Waals surface area contributed by atoms with Gasteiger partial charge in [-0.05, 0) is 60.4 Å². The van der Waals surface area contributed by atoms with E-state index in [2.05, 4.69) is 32.2 Å². The lowest BCUT2D eigenvalue weighted by molar-refractivity contribution is -0.119. The average molecular weight is 415 g/mol. The van der Waals surface area contributed by atoms with Crippen molar-refractivity contribution in [2.24, 2.45) is 11.3 Å². The van der Waals surface area contributed by atoms with Crippen LogP contribution in [0.15, 0.2) is 24.3 Å². The molecule has 0 spiro atoms. The van der Waals surface area contributed by atoms with E-state index in [0.29, 0.717) is 16.5 Å². The van der Waals surface area contributed by atoms with Crippen LogP contribution in [0.2, 0.25) is 0 Å². The minimum absolute atomic E-state index is 0.164. The monoisotopic (exact) mass is 414 g/mol. The number of hydrogen-bond donors (Lipinski definition) is 1. The summed E-state index contributed by atoms with van der Waals surface area (Å²) in [7, 11) is 0. The zero-order chi connectivity index (χ0) is 21.2. The summed E-state index contributed by atoms with van der Waals surface area (Å²) in [5.74, 6) is -1.15. The minimum atomic E-state index is -0.709. The summed E-state index contributed by atoms with van der Waals surface area (Å²) in [4.78, 5) is 25.4. The summed E-state index contributed by atoms with van der Waals surface area (Å²) >= 11 is 1.43. The largest absolute Gasteiger partial charge is 0.452 e. The first kappa shape index (κ1) is 21.0.